The number of furan rings is 1. The first-order valence-electron chi connectivity index (χ1n) is 3.69. The highest BCUT2D eigenvalue weighted by molar-refractivity contribution is 5.14. The molecule has 0 radical (unpaired) electrons. The fraction of sp³-hybridized carbons (Fsp3) is 0.500. The molecular formula is C8H13NO2. The smallest absolute Gasteiger partial charge is 0.105 e. The molecule has 1 aromatic heterocycles. The fourth-order valence-electron chi connectivity index (χ4n) is 0.897. The van der Waals surface area contributed by atoms with Crippen molar-refractivity contribution in [2.24, 2.45) is 0 Å². The summed E-state index contributed by atoms with van der Waals surface area (Å²) in [6.45, 7) is 3.50. The Morgan fingerprint density at radius 3 is 3.00 bits per heavy atom. The second-order valence-electron chi connectivity index (χ2n) is 2.40. The third-order valence-corrected chi connectivity index (χ3v) is 1.57. The summed E-state index contributed by atoms with van der Waals surface area (Å²) in [4.78, 5) is 0. The third-order valence-electron chi connectivity index (χ3n) is 1.57. The van der Waals surface area contributed by atoms with Crippen LogP contribution in [-0.4, -0.2) is 18.3 Å². The van der Waals surface area contributed by atoms with Crippen molar-refractivity contribution in [2.75, 3.05) is 13.2 Å². The summed E-state index contributed by atoms with van der Waals surface area (Å²) in [6.07, 6.45) is 1.67. The Balaban J connectivity index is 2.32. The van der Waals surface area contributed by atoms with Gasteiger partial charge in [0.1, 0.15) is 5.76 Å². The molecule has 3 heteroatoms. The fourth-order valence-corrected chi connectivity index (χ4v) is 0.897. The number of hydrogen-bond donors (Lipinski definition) is 2. The number of aliphatic hydroxyl groups is 1. The van der Waals surface area contributed by atoms with E-state index in [0.717, 1.165) is 17.9 Å². The van der Waals surface area contributed by atoms with E-state index in [1.54, 1.807) is 6.26 Å². The summed E-state index contributed by atoms with van der Waals surface area (Å²) in [5.74, 6) is 0.940. The van der Waals surface area contributed by atoms with Crippen molar-refractivity contribution >= 4 is 0 Å². The maximum Gasteiger partial charge on any atom is 0.105 e. The molecule has 3 nitrogen and oxygen atoms in total. The molecule has 0 bridgehead atoms. The maximum atomic E-state index is 8.48. The minimum atomic E-state index is 0.177. The molecule has 0 atom stereocenters. The zero-order valence-electron chi connectivity index (χ0n) is 6.63. The molecule has 0 fully saturated rings. The summed E-state index contributed by atoms with van der Waals surface area (Å²) >= 11 is 0. The van der Waals surface area contributed by atoms with Crippen LogP contribution in [0.15, 0.2) is 16.7 Å². The van der Waals surface area contributed by atoms with Crippen molar-refractivity contribution in [3.63, 3.8) is 0 Å². The number of aliphatic hydroxyl groups excluding tert-OH is 1. The van der Waals surface area contributed by atoms with Crippen LogP contribution >= 0.6 is 0 Å². The lowest BCUT2D eigenvalue weighted by molar-refractivity contribution is 0.292. The molecule has 0 spiro atoms. The van der Waals surface area contributed by atoms with Crippen molar-refractivity contribution in [1.29, 1.82) is 0 Å². The molecule has 1 aromatic rings. The molecule has 1 heterocycles. The highest BCUT2D eigenvalue weighted by atomic mass is 16.3. The van der Waals surface area contributed by atoms with Gasteiger partial charge in [0.15, 0.2) is 0 Å². The summed E-state index contributed by atoms with van der Waals surface area (Å²) < 4.78 is 5.09. The highest BCUT2D eigenvalue weighted by Crippen LogP contribution is 2.07. The summed E-state index contributed by atoms with van der Waals surface area (Å²) in [5, 5.41) is 11.5. The molecule has 0 aliphatic heterocycles. The van der Waals surface area contributed by atoms with Crippen molar-refractivity contribution in [3.05, 3.63) is 23.7 Å². The SMILES string of the molecule is Cc1occc1CNCCO. The molecule has 0 aliphatic carbocycles. The van der Waals surface area contributed by atoms with Gasteiger partial charge in [-0.25, -0.2) is 0 Å². The molecule has 11 heavy (non-hydrogen) atoms. The van der Waals surface area contributed by atoms with Gasteiger partial charge in [-0.3, -0.25) is 0 Å². The Morgan fingerprint density at radius 2 is 2.45 bits per heavy atom. The van der Waals surface area contributed by atoms with Crippen molar-refractivity contribution in [1.82, 2.24) is 5.32 Å². The molecule has 0 saturated carbocycles. The van der Waals surface area contributed by atoms with Crippen LogP contribution in [0.2, 0.25) is 0 Å². The normalized spacial score (nSPS) is 10.4. The molecule has 0 unspecified atom stereocenters. The van der Waals surface area contributed by atoms with Gasteiger partial charge in [-0.05, 0) is 13.0 Å². The lowest BCUT2D eigenvalue weighted by Gasteiger charge is -1.99. The number of nitrogens with one attached hydrogen (secondary N) is 1. The average Bonchev–Trinajstić information content (AvgIpc) is 2.37. The van der Waals surface area contributed by atoms with E-state index in [9.17, 15) is 0 Å². The van der Waals surface area contributed by atoms with Gasteiger partial charge < -0.3 is 14.8 Å². The number of aryl methyl sites for hydroxylation is 1. The molecule has 62 valence electrons. The van der Waals surface area contributed by atoms with Crippen LogP contribution in [-0.2, 0) is 6.54 Å². The molecular weight excluding hydrogens is 142 g/mol. The van der Waals surface area contributed by atoms with E-state index in [-0.39, 0.29) is 6.61 Å². The Bertz CT molecular complexity index is 208. The van der Waals surface area contributed by atoms with Gasteiger partial charge in [-0.15, -0.1) is 0 Å². The summed E-state index contributed by atoms with van der Waals surface area (Å²) in [6, 6.07) is 1.93. The first-order valence-corrected chi connectivity index (χ1v) is 3.69. The van der Waals surface area contributed by atoms with Crippen LogP contribution in [0.4, 0.5) is 0 Å². The average molecular weight is 155 g/mol. The van der Waals surface area contributed by atoms with Crippen LogP contribution in [0.3, 0.4) is 0 Å². The number of rotatable bonds is 4. The van der Waals surface area contributed by atoms with Crippen LogP contribution in [0.5, 0.6) is 0 Å². The van der Waals surface area contributed by atoms with Crippen molar-refractivity contribution in [3.8, 4) is 0 Å². The van der Waals surface area contributed by atoms with Crippen LogP contribution in [0.25, 0.3) is 0 Å². The maximum absolute atomic E-state index is 8.48. The minimum Gasteiger partial charge on any atom is -0.469 e. The molecule has 0 aliphatic rings. The van der Waals surface area contributed by atoms with Crippen molar-refractivity contribution < 1.29 is 9.52 Å². The first-order chi connectivity index (χ1) is 5.34. The van der Waals surface area contributed by atoms with E-state index in [1.165, 1.54) is 0 Å². The van der Waals surface area contributed by atoms with Gasteiger partial charge >= 0.3 is 0 Å². The van der Waals surface area contributed by atoms with Gasteiger partial charge in [-0.2, -0.15) is 0 Å². The van der Waals surface area contributed by atoms with Gasteiger partial charge in [0.2, 0.25) is 0 Å². The van der Waals surface area contributed by atoms with Crippen LogP contribution in [0, 0.1) is 6.92 Å². The monoisotopic (exact) mass is 155 g/mol. The van der Waals surface area contributed by atoms with E-state index in [0.29, 0.717) is 6.54 Å². The minimum absolute atomic E-state index is 0.177. The van der Waals surface area contributed by atoms with E-state index < -0.39 is 0 Å². The van der Waals surface area contributed by atoms with Gasteiger partial charge in [0.05, 0.1) is 12.9 Å². The zero-order chi connectivity index (χ0) is 8.10. The van der Waals surface area contributed by atoms with Crippen LogP contribution < -0.4 is 5.32 Å². The largest absolute Gasteiger partial charge is 0.469 e. The van der Waals surface area contributed by atoms with Crippen molar-refractivity contribution in [2.45, 2.75) is 13.5 Å². The summed E-state index contributed by atoms with van der Waals surface area (Å²) in [5.41, 5.74) is 1.15. The quantitative estimate of drug-likeness (QED) is 0.628. The highest BCUT2D eigenvalue weighted by Gasteiger charge is 1.98. The Labute approximate surface area is 66.0 Å². The van der Waals surface area contributed by atoms with E-state index in [4.69, 9.17) is 9.52 Å². The van der Waals surface area contributed by atoms with Crippen LogP contribution in [0.1, 0.15) is 11.3 Å². The zero-order valence-corrected chi connectivity index (χ0v) is 6.63. The predicted octanol–water partition coefficient (Wildman–Crippen LogP) is 0.670. The molecule has 2 N–H and O–H groups in total. The Hall–Kier alpha value is -0.800. The van der Waals surface area contributed by atoms with E-state index >= 15 is 0 Å². The van der Waals surface area contributed by atoms with E-state index in [2.05, 4.69) is 5.32 Å². The summed E-state index contributed by atoms with van der Waals surface area (Å²) in [7, 11) is 0. The van der Waals surface area contributed by atoms with Gasteiger partial charge in [0.25, 0.3) is 0 Å². The lowest BCUT2D eigenvalue weighted by Crippen LogP contribution is -2.17. The van der Waals surface area contributed by atoms with Gasteiger partial charge in [-0.1, -0.05) is 0 Å². The Morgan fingerprint density at radius 1 is 1.64 bits per heavy atom. The van der Waals surface area contributed by atoms with Gasteiger partial charge in [0, 0.05) is 18.7 Å². The molecule has 0 saturated heterocycles. The lowest BCUT2D eigenvalue weighted by atomic mass is 10.2. The predicted molar refractivity (Wildman–Crippen MR) is 42.2 cm³/mol. The topological polar surface area (TPSA) is 45.4 Å². The van der Waals surface area contributed by atoms with E-state index in [1.807, 2.05) is 13.0 Å². The number of hydrogen-bond acceptors (Lipinski definition) is 3. The Kier molecular flexibility index (Phi) is 3.14. The first kappa shape index (κ1) is 8.30. The second-order valence-corrected chi connectivity index (χ2v) is 2.40. The molecule has 1 rings (SSSR count). The molecule has 0 aromatic carbocycles. The molecule has 0 amide bonds. The third kappa shape index (κ3) is 2.37. The second kappa shape index (κ2) is 4.16. The standard InChI is InChI=1S/C8H13NO2/c1-7-8(2-5-11-7)6-9-3-4-10/h2,5,9-10H,3-4,6H2,1H3.